The summed E-state index contributed by atoms with van der Waals surface area (Å²) in [6, 6.07) is 16.6. The maximum absolute atomic E-state index is 12.4. The number of nitrogens with one attached hydrogen (secondary N) is 2. The van der Waals surface area contributed by atoms with Gasteiger partial charge < -0.3 is 15.4 Å². The fourth-order valence-corrected chi connectivity index (χ4v) is 2.81. The summed E-state index contributed by atoms with van der Waals surface area (Å²) in [5.41, 5.74) is 2.85. The van der Waals surface area contributed by atoms with Gasteiger partial charge in [0.05, 0.1) is 7.11 Å². The fourth-order valence-electron chi connectivity index (χ4n) is 2.64. The molecule has 2 aromatic carbocycles. The van der Waals surface area contributed by atoms with E-state index in [1.807, 2.05) is 31.2 Å². The molecular formula is C21H21ClN4O2. The second-order valence-corrected chi connectivity index (χ2v) is 6.61. The molecule has 0 aliphatic heterocycles. The first-order valence-corrected chi connectivity index (χ1v) is 9.21. The summed E-state index contributed by atoms with van der Waals surface area (Å²) in [4.78, 5) is 12.4. The van der Waals surface area contributed by atoms with Crippen molar-refractivity contribution in [1.82, 2.24) is 10.2 Å². The van der Waals surface area contributed by atoms with Gasteiger partial charge in [0.15, 0.2) is 5.69 Å². The molecular weight excluding hydrogens is 376 g/mol. The van der Waals surface area contributed by atoms with Crippen LogP contribution in [0.15, 0.2) is 54.6 Å². The van der Waals surface area contributed by atoms with E-state index in [4.69, 9.17) is 16.3 Å². The number of methoxy groups -OCH3 is 1. The third-order valence-corrected chi connectivity index (χ3v) is 4.68. The lowest BCUT2D eigenvalue weighted by molar-refractivity contribution is 0.102. The average Bonchev–Trinajstić information content (AvgIpc) is 2.72. The van der Waals surface area contributed by atoms with Crippen molar-refractivity contribution in [2.45, 2.75) is 13.3 Å². The van der Waals surface area contributed by atoms with Gasteiger partial charge in [-0.25, -0.2) is 0 Å². The van der Waals surface area contributed by atoms with Crippen LogP contribution in [0.4, 0.5) is 11.5 Å². The summed E-state index contributed by atoms with van der Waals surface area (Å²) in [6.07, 6.45) is 0.815. The molecule has 0 atom stereocenters. The number of carbonyl (C=O) groups excluding carboxylic acids is 1. The van der Waals surface area contributed by atoms with Crippen molar-refractivity contribution in [3.63, 3.8) is 0 Å². The van der Waals surface area contributed by atoms with Crippen molar-refractivity contribution in [2.24, 2.45) is 0 Å². The fraction of sp³-hybridized carbons (Fsp3) is 0.190. The second kappa shape index (κ2) is 9.19. The van der Waals surface area contributed by atoms with E-state index in [0.29, 0.717) is 23.1 Å². The molecule has 0 saturated carbocycles. The van der Waals surface area contributed by atoms with E-state index in [9.17, 15) is 4.79 Å². The Hall–Kier alpha value is -3.12. The minimum Gasteiger partial charge on any atom is -0.497 e. The smallest absolute Gasteiger partial charge is 0.276 e. The molecule has 144 valence electrons. The van der Waals surface area contributed by atoms with E-state index in [-0.39, 0.29) is 11.6 Å². The monoisotopic (exact) mass is 396 g/mol. The third-order valence-electron chi connectivity index (χ3n) is 4.27. The Labute approximate surface area is 168 Å². The Kier molecular flexibility index (Phi) is 6.45. The summed E-state index contributed by atoms with van der Waals surface area (Å²) in [5.74, 6) is 1.11. The first kappa shape index (κ1) is 19.6. The number of benzene rings is 2. The Bertz CT molecular complexity index is 961. The predicted octanol–water partition coefficient (Wildman–Crippen LogP) is 4.35. The largest absolute Gasteiger partial charge is 0.497 e. The number of anilines is 2. The lowest BCUT2D eigenvalue weighted by Gasteiger charge is -2.09. The molecule has 0 fully saturated rings. The Balaban J connectivity index is 1.55. The summed E-state index contributed by atoms with van der Waals surface area (Å²) in [7, 11) is 1.65. The number of carbonyl (C=O) groups is 1. The van der Waals surface area contributed by atoms with Crippen LogP contribution in [0.25, 0.3) is 0 Å². The van der Waals surface area contributed by atoms with Gasteiger partial charge in [0, 0.05) is 17.3 Å². The molecule has 0 aliphatic carbocycles. The van der Waals surface area contributed by atoms with Crippen LogP contribution in [-0.2, 0) is 6.42 Å². The molecule has 28 heavy (non-hydrogen) atoms. The zero-order valence-electron chi connectivity index (χ0n) is 15.7. The third kappa shape index (κ3) is 4.98. The van der Waals surface area contributed by atoms with Gasteiger partial charge in [0.25, 0.3) is 5.91 Å². The van der Waals surface area contributed by atoms with Crippen LogP contribution in [0.3, 0.4) is 0 Å². The van der Waals surface area contributed by atoms with Crippen LogP contribution in [0.1, 0.15) is 21.6 Å². The molecule has 0 bridgehead atoms. The highest BCUT2D eigenvalue weighted by atomic mass is 35.5. The predicted molar refractivity (Wildman–Crippen MR) is 111 cm³/mol. The van der Waals surface area contributed by atoms with Crippen molar-refractivity contribution >= 4 is 29.0 Å². The van der Waals surface area contributed by atoms with E-state index in [0.717, 1.165) is 23.3 Å². The number of hydrogen-bond acceptors (Lipinski definition) is 5. The summed E-state index contributed by atoms with van der Waals surface area (Å²) in [5, 5.41) is 14.7. The first-order chi connectivity index (χ1) is 13.6. The van der Waals surface area contributed by atoms with Crippen LogP contribution < -0.4 is 15.4 Å². The number of ether oxygens (including phenoxy) is 1. The van der Waals surface area contributed by atoms with Crippen LogP contribution in [-0.4, -0.2) is 29.8 Å². The van der Waals surface area contributed by atoms with Crippen molar-refractivity contribution in [1.29, 1.82) is 0 Å². The maximum atomic E-state index is 12.4. The number of aromatic nitrogens is 2. The molecule has 1 heterocycles. The number of rotatable bonds is 7. The maximum Gasteiger partial charge on any atom is 0.276 e. The van der Waals surface area contributed by atoms with Crippen LogP contribution in [0.2, 0.25) is 5.02 Å². The van der Waals surface area contributed by atoms with Gasteiger partial charge in [-0.05, 0) is 60.9 Å². The Morgan fingerprint density at radius 1 is 1.11 bits per heavy atom. The minimum atomic E-state index is -0.333. The van der Waals surface area contributed by atoms with Gasteiger partial charge in [-0.2, -0.15) is 0 Å². The second-order valence-electron chi connectivity index (χ2n) is 6.20. The van der Waals surface area contributed by atoms with E-state index in [2.05, 4.69) is 20.8 Å². The highest BCUT2D eigenvalue weighted by Crippen LogP contribution is 2.23. The van der Waals surface area contributed by atoms with Crippen molar-refractivity contribution < 1.29 is 9.53 Å². The quantitative estimate of drug-likeness (QED) is 0.620. The number of nitrogens with zero attached hydrogens (tertiary/aromatic N) is 2. The van der Waals surface area contributed by atoms with Crippen molar-refractivity contribution in [2.75, 3.05) is 24.3 Å². The highest BCUT2D eigenvalue weighted by Gasteiger charge is 2.11. The SMILES string of the molecule is COc1cccc(CCNc2ccc(C(=O)Nc3cccc(Cl)c3C)nn2)c1. The van der Waals surface area contributed by atoms with Gasteiger partial charge in [-0.15, -0.1) is 10.2 Å². The lowest BCUT2D eigenvalue weighted by Crippen LogP contribution is -2.16. The van der Waals surface area contributed by atoms with Gasteiger partial charge in [-0.3, -0.25) is 4.79 Å². The zero-order valence-corrected chi connectivity index (χ0v) is 16.5. The summed E-state index contributed by atoms with van der Waals surface area (Å²) < 4.78 is 5.22. The topological polar surface area (TPSA) is 76.1 Å². The molecule has 2 N–H and O–H groups in total. The summed E-state index contributed by atoms with van der Waals surface area (Å²) >= 11 is 6.08. The Morgan fingerprint density at radius 3 is 2.68 bits per heavy atom. The average molecular weight is 397 g/mol. The van der Waals surface area contributed by atoms with E-state index < -0.39 is 0 Å². The number of amides is 1. The molecule has 3 rings (SSSR count). The molecule has 7 heteroatoms. The molecule has 0 unspecified atom stereocenters. The van der Waals surface area contributed by atoms with E-state index >= 15 is 0 Å². The molecule has 3 aromatic rings. The lowest BCUT2D eigenvalue weighted by atomic mass is 10.1. The van der Waals surface area contributed by atoms with E-state index in [1.165, 1.54) is 0 Å². The Morgan fingerprint density at radius 2 is 1.93 bits per heavy atom. The van der Waals surface area contributed by atoms with Crippen molar-refractivity contribution in [3.05, 3.63) is 76.4 Å². The van der Waals surface area contributed by atoms with Gasteiger partial charge in [0.1, 0.15) is 11.6 Å². The van der Waals surface area contributed by atoms with E-state index in [1.54, 1.807) is 37.4 Å². The molecule has 0 saturated heterocycles. The highest BCUT2D eigenvalue weighted by molar-refractivity contribution is 6.31. The zero-order chi connectivity index (χ0) is 19.9. The minimum absolute atomic E-state index is 0.234. The molecule has 0 aliphatic rings. The van der Waals surface area contributed by atoms with Gasteiger partial charge in [-0.1, -0.05) is 29.8 Å². The van der Waals surface area contributed by atoms with Gasteiger partial charge in [0.2, 0.25) is 0 Å². The standard InChI is InChI=1S/C21H21ClN4O2/c1-14-17(22)7-4-8-18(14)24-21(27)19-9-10-20(26-25-19)23-12-11-15-5-3-6-16(13-15)28-2/h3-10,13H,11-12H2,1-2H3,(H,23,26)(H,24,27). The number of hydrogen-bond donors (Lipinski definition) is 2. The summed E-state index contributed by atoms with van der Waals surface area (Å²) in [6.45, 7) is 2.54. The van der Waals surface area contributed by atoms with Crippen LogP contribution in [0, 0.1) is 6.92 Å². The molecule has 0 spiro atoms. The normalized spacial score (nSPS) is 10.4. The van der Waals surface area contributed by atoms with Crippen molar-refractivity contribution in [3.8, 4) is 5.75 Å². The molecule has 1 amide bonds. The van der Waals surface area contributed by atoms with Crippen LogP contribution >= 0.6 is 11.6 Å². The van der Waals surface area contributed by atoms with Crippen LogP contribution in [0.5, 0.6) is 5.75 Å². The van der Waals surface area contributed by atoms with Gasteiger partial charge >= 0.3 is 0 Å². The molecule has 1 aromatic heterocycles. The molecule has 6 nitrogen and oxygen atoms in total. The molecule has 0 radical (unpaired) electrons. The first-order valence-electron chi connectivity index (χ1n) is 8.84. The number of halogens is 1.